The molecule has 1 unspecified atom stereocenters. The Morgan fingerprint density at radius 2 is 2.17 bits per heavy atom. The Hall–Kier alpha value is -0.830. The van der Waals surface area contributed by atoms with Crippen LogP contribution in [0.5, 0.6) is 0 Å². The maximum Gasteiger partial charge on any atom is 0.0438 e. The van der Waals surface area contributed by atoms with Crippen LogP contribution in [0, 0.1) is 6.92 Å². The Balaban J connectivity index is 2.20. The molecule has 0 aliphatic heterocycles. The maximum atomic E-state index is 6.21. The molecule has 96 valence electrons. The topological polar surface area (TPSA) is 12.0 Å². The summed E-state index contributed by atoms with van der Waals surface area (Å²) in [7, 11) is 0. The van der Waals surface area contributed by atoms with Crippen molar-refractivity contribution < 1.29 is 0 Å². The van der Waals surface area contributed by atoms with E-state index in [-0.39, 0.29) is 0 Å². The summed E-state index contributed by atoms with van der Waals surface area (Å²) in [5.74, 6) is 0. The van der Waals surface area contributed by atoms with Crippen molar-refractivity contribution in [3.63, 3.8) is 0 Å². The highest BCUT2D eigenvalue weighted by Gasteiger charge is 2.12. The van der Waals surface area contributed by atoms with Gasteiger partial charge in [-0.05, 0) is 42.1 Å². The fourth-order valence-corrected chi connectivity index (χ4v) is 2.95. The molecule has 1 aromatic carbocycles. The van der Waals surface area contributed by atoms with Crippen LogP contribution >= 0.6 is 22.9 Å². The second kappa shape index (κ2) is 6.37. The number of nitrogens with one attached hydrogen (secondary N) is 1. The smallest absolute Gasteiger partial charge is 0.0438 e. The van der Waals surface area contributed by atoms with Crippen LogP contribution in [0.2, 0.25) is 5.02 Å². The third-order valence-electron chi connectivity index (χ3n) is 3.03. The summed E-state index contributed by atoms with van der Waals surface area (Å²) < 4.78 is 0. The Morgan fingerprint density at radius 1 is 1.33 bits per heavy atom. The SMILES string of the molecule is CCNC(Cc1cccs1)c1ccc(C)c(Cl)c1. The van der Waals surface area contributed by atoms with Gasteiger partial charge < -0.3 is 5.32 Å². The van der Waals surface area contributed by atoms with Crippen LogP contribution in [0.25, 0.3) is 0 Å². The Morgan fingerprint density at radius 3 is 2.78 bits per heavy atom. The van der Waals surface area contributed by atoms with Crippen LogP contribution in [-0.2, 0) is 6.42 Å². The van der Waals surface area contributed by atoms with Crippen molar-refractivity contribution in [1.82, 2.24) is 5.32 Å². The standard InChI is InChI=1S/C15H18ClNS/c1-3-17-15(10-13-5-4-8-18-13)12-7-6-11(2)14(16)9-12/h4-9,15,17H,3,10H2,1-2H3. The van der Waals surface area contributed by atoms with Crippen LogP contribution in [0.1, 0.15) is 29.0 Å². The lowest BCUT2D eigenvalue weighted by Gasteiger charge is -2.18. The minimum atomic E-state index is 0.340. The average Bonchev–Trinajstić information content (AvgIpc) is 2.85. The van der Waals surface area contributed by atoms with Gasteiger partial charge in [-0.2, -0.15) is 0 Å². The molecule has 1 aromatic heterocycles. The molecule has 1 nitrogen and oxygen atoms in total. The van der Waals surface area contributed by atoms with Crippen molar-refractivity contribution in [2.45, 2.75) is 26.3 Å². The van der Waals surface area contributed by atoms with Crippen LogP contribution in [-0.4, -0.2) is 6.54 Å². The first-order valence-corrected chi connectivity index (χ1v) is 7.48. The number of hydrogen-bond acceptors (Lipinski definition) is 2. The van der Waals surface area contributed by atoms with Gasteiger partial charge in [0.2, 0.25) is 0 Å². The van der Waals surface area contributed by atoms with E-state index in [1.54, 1.807) is 11.3 Å². The number of likely N-dealkylation sites (N-methyl/N-ethyl adjacent to an activating group) is 1. The summed E-state index contributed by atoms with van der Waals surface area (Å²) in [5, 5.41) is 6.51. The van der Waals surface area contributed by atoms with Gasteiger partial charge in [-0.1, -0.05) is 36.7 Å². The van der Waals surface area contributed by atoms with Crippen LogP contribution in [0.15, 0.2) is 35.7 Å². The van der Waals surface area contributed by atoms with Gasteiger partial charge in [0.15, 0.2) is 0 Å². The first kappa shape index (κ1) is 13.6. The molecule has 0 amide bonds. The summed E-state index contributed by atoms with van der Waals surface area (Å²) in [4.78, 5) is 1.40. The largest absolute Gasteiger partial charge is 0.310 e. The van der Waals surface area contributed by atoms with E-state index < -0.39 is 0 Å². The highest BCUT2D eigenvalue weighted by molar-refractivity contribution is 7.09. The monoisotopic (exact) mass is 279 g/mol. The molecule has 0 saturated carbocycles. The lowest BCUT2D eigenvalue weighted by Crippen LogP contribution is -2.22. The van der Waals surface area contributed by atoms with E-state index in [1.807, 2.05) is 6.92 Å². The van der Waals surface area contributed by atoms with Crippen LogP contribution in [0.3, 0.4) is 0 Å². The molecular formula is C15H18ClNS. The highest BCUT2D eigenvalue weighted by atomic mass is 35.5. The Kier molecular flexibility index (Phi) is 4.81. The van der Waals surface area contributed by atoms with Crippen molar-refractivity contribution in [1.29, 1.82) is 0 Å². The summed E-state index contributed by atoms with van der Waals surface area (Å²) in [6, 6.07) is 11.0. The van der Waals surface area contributed by atoms with E-state index in [9.17, 15) is 0 Å². The highest BCUT2D eigenvalue weighted by Crippen LogP contribution is 2.25. The first-order valence-electron chi connectivity index (χ1n) is 6.22. The van der Waals surface area contributed by atoms with E-state index in [2.05, 4.69) is 48.0 Å². The number of aryl methyl sites for hydroxylation is 1. The molecule has 0 bridgehead atoms. The van der Waals surface area contributed by atoms with E-state index in [0.717, 1.165) is 23.6 Å². The molecule has 0 aliphatic carbocycles. The molecule has 2 aromatic rings. The quantitative estimate of drug-likeness (QED) is 0.843. The Bertz CT molecular complexity index is 493. The predicted molar refractivity (Wildman–Crippen MR) is 80.6 cm³/mol. The second-order valence-electron chi connectivity index (χ2n) is 4.40. The lowest BCUT2D eigenvalue weighted by atomic mass is 10.0. The molecule has 1 atom stereocenters. The zero-order valence-electron chi connectivity index (χ0n) is 10.7. The fraction of sp³-hybridized carbons (Fsp3) is 0.333. The summed E-state index contributed by atoms with van der Waals surface area (Å²) in [6.45, 7) is 5.13. The zero-order valence-corrected chi connectivity index (χ0v) is 12.3. The summed E-state index contributed by atoms with van der Waals surface area (Å²) >= 11 is 8.02. The number of hydrogen-bond donors (Lipinski definition) is 1. The molecule has 0 fully saturated rings. The molecule has 0 aliphatic rings. The number of rotatable bonds is 5. The van der Waals surface area contributed by atoms with Crippen molar-refractivity contribution in [2.24, 2.45) is 0 Å². The van der Waals surface area contributed by atoms with Gasteiger partial charge in [0.25, 0.3) is 0 Å². The Labute approximate surface area is 118 Å². The van der Waals surface area contributed by atoms with Gasteiger partial charge in [0.1, 0.15) is 0 Å². The minimum absolute atomic E-state index is 0.340. The zero-order chi connectivity index (χ0) is 13.0. The minimum Gasteiger partial charge on any atom is -0.310 e. The molecule has 18 heavy (non-hydrogen) atoms. The van der Waals surface area contributed by atoms with Gasteiger partial charge in [-0.25, -0.2) is 0 Å². The second-order valence-corrected chi connectivity index (χ2v) is 5.84. The van der Waals surface area contributed by atoms with E-state index in [4.69, 9.17) is 11.6 Å². The third kappa shape index (κ3) is 3.35. The van der Waals surface area contributed by atoms with Crippen LogP contribution in [0.4, 0.5) is 0 Å². The fourth-order valence-electron chi connectivity index (χ4n) is 2.01. The third-order valence-corrected chi connectivity index (χ3v) is 4.34. The van der Waals surface area contributed by atoms with Gasteiger partial charge in [0, 0.05) is 22.4 Å². The predicted octanol–water partition coefficient (Wildman–Crippen LogP) is 4.60. The average molecular weight is 280 g/mol. The summed E-state index contributed by atoms with van der Waals surface area (Å²) in [6.07, 6.45) is 1.02. The summed E-state index contributed by atoms with van der Waals surface area (Å²) in [5.41, 5.74) is 2.40. The van der Waals surface area contributed by atoms with Gasteiger partial charge in [0.05, 0.1) is 0 Å². The number of benzene rings is 1. The van der Waals surface area contributed by atoms with Crippen molar-refractivity contribution >= 4 is 22.9 Å². The van der Waals surface area contributed by atoms with Crippen molar-refractivity contribution in [3.05, 3.63) is 56.7 Å². The van der Waals surface area contributed by atoms with E-state index in [0.29, 0.717) is 6.04 Å². The van der Waals surface area contributed by atoms with Crippen molar-refractivity contribution in [2.75, 3.05) is 6.54 Å². The van der Waals surface area contributed by atoms with Gasteiger partial charge in [-0.15, -0.1) is 11.3 Å². The molecule has 2 rings (SSSR count). The first-order chi connectivity index (χ1) is 8.70. The molecule has 1 N–H and O–H groups in total. The molecule has 3 heteroatoms. The molecule has 0 spiro atoms. The molecule has 0 radical (unpaired) electrons. The normalized spacial score (nSPS) is 12.6. The van der Waals surface area contributed by atoms with Crippen molar-refractivity contribution in [3.8, 4) is 0 Å². The molecule has 0 saturated heterocycles. The van der Waals surface area contributed by atoms with E-state index in [1.165, 1.54) is 10.4 Å². The molecule has 1 heterocycles. The lowest BCUT2D eigenvalue weighted by molar-refractivity contribution is 0.553. The van der Waals surface area contributed by atoms with Crippen LogP contribution < -0.4 is 5.32 Å². The van der Waals surface area contributed by atoms with E-state index >= 15 is 0 Å². The van der Waals surface area contributed by atoms with Gasteiger partial charge >= 0.3 is 0 Å². The number of halogens is 1. The number of thiophene rings is 1. The van der Waals surface area contributed by atoms with Gasteiger partial charge in [-0.3, -0.25) is 0 Å². The maximum absolute atomic E-state index is 6.21. The molecular weight excluding hydrogens is 262 g/mol.